The Labute approximate surface area is 102 Å². The zero-order valence-corrected chi connectivity index (χ0v) is 11.8. The molecule has 16 heavy (non-hydrogen) atoms. The Morgan fingerprint density at radius 2 is 2.00 bits per heavy atom. The fourth-order valence-electron chi connectivity index (χ4n) is 2.97. The molecule has 0 spiro atoms. The second-order valence-corrected chi connectivity index (χ2v) is 6.57. The van der Waals surface area contributed by atoms with E-state index >= 15 is 0 Å². The normalized spacial score (nSPS) is 26.6. The van der Waals surface area contributed by atoms with E-state index in [0.717, 1.165) is 19.0 Å². The van der Waals surface area contributed by atoms with Gasteiger partial charge in [0.15, 0.2) is 0 Å². The predicted octanol–water partition coefficient (Wildman–Crippen LogP) is 2.87. The summed E-state index contributed by atoms with van der Waals surface area (Å²) in [4.78, 5) is 2.54. The van der Waals surface area contributed by atoms with Gasteiger partial charge in [0.2, 0.25) is 0 Å². The van der Waals surface area contributed by atoms with Crippen LogP contribution < -0.4 is 5.73 Å². The molecule has 1 aliphatic rings. The molecule has 0 amide bonds. The molecule has 0 radical (unpaired) electrons. The predicted molar refractivity (Wildman–Crippen MR) is 71.5 cm³/mol. The van der Waals surface area contributed by atoms with Crippen molar-refractivity contribution in [3.8, 4) is 0 Å². The Balaban J connectivity index is 2.38. The highest BCUT2D eigenvalue weighted by atomic mass is 15.1. The van der Waals surface area contributed by atoms with Crippen LogP contribution in [0, 0.1) is 11.3 Å². The Morgan fingerprint density at radius 3 is 2.44 bits per heavy atom. The van der Waals surface area contributed by atoms with Crippen LogP contribution in [0.15, 0.2) is 0 Å². The van der Waals surface area contributed by atoms with Gasteiger partial charge in [0.25, 0.3) is 0 Å². The molecule has 0 aromatic carbocycles. The molecular formula is C14H30N2. The quantitative estimate of drug-likeness (QED) is 0.781. The lowest BCUT2D eigenvalue weighted by molar-refractivity contribution is 0.135. The lowest BCUT2D eigenvalue weighted by atomic mass is 9.86. The lowest BCUT2D eigenvalue weighted by Gasteiger charge is -2.35. The van der Waals surface area contributed by atoms with Gasteiger partial charge in [-0.1, -0.05) is 34.1 Å². The van der Waals surface area contributed by atoms with E-state index in [1.807, 2.05) is 0 Å². The molecule has 1 saturated carbocycles. The van der Waals surface area contributed by atoms with Crippen molar-refractivity contribution < 1.29 is 0 Å². The summed E-state index contributed by atoms with van der Waals surface area (Å²) in [6.07, 6.45) is 5.25. The van der Waals surface area contributed by atoms with Crippen molar-refractivity contribution in [1.29, 1.82) is 0 Å². The zero-order chi connectivity index (χ0) is 12.3. The van der Waals surface area contributed by atoms with Gasteiger partial charge in [0.1, 0.15) is 0 Å². The van der Waals surface area contributed by atoms with Crippen molar-refractivity contribution in [2.75, 3.05) is 13.6 Å². The van der Waals surface area contributed by atoms with Gasteiger partial charge in [-0.3, -0.25) is 0 Å². The highest BCUT2D eigenvalue weighted by Crippen LogP contribution is 2.39. The Bertz CT molecular complexity index is 211. The molecule has 2 N–H and O–H groups in total. The van der Waals surface area contributed by atoms with Crippen molar-refractivity contribution in [3.63, 3.8) is 0 Å². The van der Waals surface area contributed by atoms with Crippen molar-refractivity contribution in [3.05, 3.63) is 0 Å². The van der Waals surface area contributed by atoms with Crippen molar-refractivity contribution >= 4 is 0 Å². The van der Waals surface area contributed by atoms with Crippen LogP contribution in [0.4, 0.5) is 0 Å². The number of nitrogens with zero attached hydrogens (tertiary/aromatic N) is 1. The van der Waals surface area contributed by atoms with E-state index in [1.54, 1.807) is 0 Å². The maximum absolute atomic E-state index is 6.10. The third-order valence-electron chi connectivity index (χ3n) is 4.40. The van der Waals surface area contributed by atoms with Gasteiger partial charge in [0, 0.05) is 12.1 Å². The van der Waals surface area contributed by atoms with E-state index in [4.69, 9.17) is 5.73 Å². The van der Waals surface area contributed by atoms with E-state index < -0.39 is 0 Å². The minimum absolute atomic E-state index is 0.354. The highest BCUT2D eigenvalue weighted by molar-refractivity contribution is 4.91. The molecular weight excluding hydrogens is 196 g/mol. The number of hydrogen-bond donors (Lipinski definition) is 1. The third kappa shape index (κ3) is 3.46. The Hall–Kier alpha value is -0.0800. The summed E-state index contributed by atoms with van der Waals surface area (Å²) in [5, 5.41) is 0. The molecule has 2 nitrogen and oxygen atoms in total. The Morgan fingerprint density at radius 1 is 1.38 bits per heavy atom. The molecule has 0 aromatic heterocycles. The van der Waals surface area contributed by atoms with Crippen molar-refractivity contribution in [2.24, 2.45) is 17.1 Å². The van der Waals surface area contributed by atoms with Gasteiger partial charge in [0.05, 0.1) is 0 Å². The molecule has 0 bridgehead atoms. The van der Waals surface area contributed by atoms with Gasteiger partial charge in [-0.25, -0.2) is 0 Å². The van der Waals surface area contributed by atoms with Crippen LogP contribution in [0.25, 0.3) is 0 Å². The lowest BCUT2D eigenvalue weighted by Crippen LogP contribution is -2.42. The standard InChI is InChI=1S/C14H30N2/c1-11(2)12(15)8-10-16(5)13-7-6-9-14(13,3)4/h11-13H,6-10,15H2,1-5H3. The second kappa shape index (κ2) is 5.50. The number of hydrogen-bond acceptors (Lipinski definition) is 2. The largest absolute Gasteiger partial charge is 0.327 e. The monoisotopic (exact) mass is 226 g/mol. The fourth-order valence-corrected chi connectivity index (χ4v) is 2.97. The van der Waals surface area contributed by atoms with Gasteiger partial charge in [-0.05, 0) is 44.2 Å². The minimum Gasteiger partial charge on any atom is -0.327 e. The molecule has 0 aromatic rings. The van der Waals surface area contributed by atoms with Crippen LogP contribution in [0.2, 0.25) is 0 Å². The first-order valence-corrected chi connectivity index (χ1v) is 6.80. The molecule has 0 saturated heterocycles. The first kappa shape index (κ1) is 14.0. The van der Waals surface area contributed by atoms with Crippen LogP contribution in [0.1, 0.15) is 53.4 Å². The summed E-state index contributed by atoms with van der Waals surface area (Å²) >= 11 is 0. The summed E-state index contributed by atoms with van der Waals surface area (Å²) < 4.78 is 0. The molecule has 0 heterocycles. The third-order valence-corrected chi connectivity index (χ3v) is 4.40. The Kier molecular flexibility index (Phi) is 4.81. The molecule has 0 aliphatic heterocycles. The van der Waals surface area contributed by atoms with Crippen molar-refractivity contribution in [1.82, 2.24) is 4.90 Å². The summed E-state index contributed by atoms with van der Waals surface area (Å²) in [7, 11) is 2.27. The summed E-state index contributed by atoms with van der Waals surface area (Å²) in [5.74, 6) is 0.602. The first-order chi connectivity index (χ1) is 7.34. The molecule has 1 aliphatic carbocycles. The molecule has 96 valence electrons. The van der Waals surface area contributed by atoms with Crippen LogP contribution >= 0.6 is 0 Å². The van der Waals surface area contributed by atoms with Crippen LogP contribution in [0.5, 0.6) is 0 Å². The SMILES string of the molecule is CC(C)C(N)CCN(C)C1CCCC1(C)C. The fraction of sp³-hybridized carbons (Fsp3) is 1.00. The van der Waals surface area contributed by atoms with E-state index in [2.05, 4.69) is 39.6 Å². The molecule has 1 rings (SSSR count). The van der Waals surface area contributed by atoms with E-state index in [-0.39, 0.29) is 0 Å². The van der Waals surface area contributed by atoms with Crippen LogP contribution in [0.3, 0.4) is 0 Å². The van der Waals surface area contributed by atoms with Gasteiger partial charge >= 0.3 is 0 Å². The van der Waals surface area contributed by atoms with Crippen molar-refractivity contribution in [2.45, 2.75) is 65.5 Å². The summed E-state index contributed by atoms with van der Waals surface area (Å²) in [5.41, 5.74) is 6.60. The van der Waals surface area contributed by atoms with Crippen LogP contribution in [-0.2, 0) is 0 Å². The van der Waals surface area contributed by atoms with Gasteiger partial charge in [-0.15, -0.1) is 0 Å². The average Bonchev–Trinajstić information content (AvgIpc) is 2.53. The maximum Gasteiger partial charge on any atom is 0.0143 e. The molecule has 2 atom stereocenters. The minimum atomic E-state index is 0.354. The first-order valence-electron chi connectivity index (χ1n) is 6.80. The van der Waals surface area contributed by atoms with Gasteiger partial charge in [-0.2, -0.15) is 0 Å². The van der Waals surface area contributed by atoms with E-state index in [1.165, 1.54) is 19.3 Å². The maximum atomic E-state index is 6.10. The van der Waals surface area contributed by atoms with Crippen LogP contribution in [-0.4, -0.2) is 30.6 Å². The topological polar surface area (TPSA) is 29.3 Å². The zero-order valence-electron chi connectivity index (χ0n) is 11.8. The summed E-state index contributed by atoms with van der Waals surface area (Å²) in [6, 6.07) is 1.11. The smallest absolute Gasteiger partial charge is 0.0143 e. The van der Waals surface area contributed by atoms with Gasteiger partial charge < -0.3 is 10.6 Å². The van der Waals surface area contributed by atoms with E-state index in [0.29, 0.717) is 17.4 Å². The second-order valence-electron chi connectivity index (χ2n) is 6.57. The number of rotatable bonds is 5. The molecule has 1 fully saturated rings. The highest BCUT2D eigenvalue weighted by Gasteiger charge is 2.36. The van der Waals surface area contributed by atoms with E-state index in [9.17, 15) is 0 Å². The number of nitrogens with two attached hydrogens (primary N) is 1. The molecule has 2 unspecified atom stereocenters. The average molecular weight is 226 g/mol. The molecule has 2 heteroatoms. The summed E-state index contributed by atoms with van der Waals surface area (Å²) in [6.45, 7) is 10.4.